The fraction of sp³-hybridized carbons (Fsp3) is 1.00. The number of nitrogens with zero attached hydrogens (tertiary/aromatic N) is 2. The van der Waals surface area contributed by atoms with E-state index >= 15 is 0 Å². The smallest absolute Gasteiger partial charge is 0.0107 e. The van der Waals surface area contributed by atoms with Crippen molar-refractivity contribution in [2.75, 3.05) is 45.8 Å². The summed E-state index contributed by atoms with van der Waals surface area (Å²) in [5, 5.41) is 3.68. The highest BCUT2D eigenvalue weighted by Crippen LogP contribution is 2.26. The lowest BCUT2D eigenvalue weighted by atomic mass is 10.0. The third kappa shape index (κ3) is 6.11. The van der Waals surface area contributed by atoms with Gasteiger partial charge in [-0.05, 0) is 64.4 Å². The molecule has 0 radical (unpaired) electrons. The van der Waals surface area contributed by atoms with Crippen LogP contribution in [-0.4, -0.2) is 61.7 Å². The summed E-state index contributed by atoms with van der Waals surface area (Å²) < 4.78 is 0. The van der Waals surface area contributed by atoms with Gasteiger partial charge >= 0.3 is 0 Å². The van der Waals surface area contributed by atoms with Gasteiger partial charge in [-0.2, -0.15) is 0 Å². The van der Waals surface area contributed by atoms with Gasteiger partial charge in [0.25, 0.3) is 0 Å². The van der Waals surface area contributed by atoms with E-state index in [4.69, 9.17) is 0 Å². The van der Waals surface area contributed by atoms with Gasteiger partial charge in [-0.25, -0.2) is 0 Å². The molecular weight excluding hydrogens is 246 g/mol. The van der Waals surface area contributed by atoms with E-state index in [1.807, 2.05) is 0 Å². The SMILES string of the molecule is CCNC1CCCC1CN(CC)CCCN(CC)CC. The zero-order valence-electron chi connectivity index (χ0n) is 14.3. The molecule has 1 aliphatic carbocycles. The van der Waals surface area contributed by atoms with E-state index in [2.05, 4.69) is 42.8 Å². The van der Waals surface area contributed by atoms with Gasteiger partial charge in [-0.1, -0.05) is 34.1 Å². The molecule has 1 aliphatic rings. The summed E-state index contributed by atoms with van der Waals surface area (Å²) in [5.41, 5.74) is 0. The molecule has 20 heavy (non-hydrogen) atoms. The molecule has 0 aromatic rings. The highest BCUT2D eigenvalue weighted by Gasteiger charge is 2.27. The van der Waals surface area contributed by atoms with Gasteiger partial charge < -0.3 is 15.1 Å². The van der Waals surface area contributed by atoms with Crippen LogP contribution >= 0.6 is 0 Å². The van der Waals surface area contributed by atoms with Crippen molar-refractivity contribution in [3.8, 4) is 0 Å². The Morgan fingerprint density at radius 1 is 0.900 bits per heavy atom. The van der Waals surface area contributed by atoms with Crippen LogP contribution in [0, 0.1) is 5.92 Å². The van der Waals surface area contributed by atoms with Crippen molar-refractivity contribution >= 4 is 0 Å². The van der Waals surface area contributed by atoms with Crippen LogP contribution in [0.5, 0.6) is 0 Å². The molecule has 120 valence electrons. The van der Waals surface area contributed by atoms with E-state index in [1.165, 1.54) is 65.0 Å². The molecule has 0 aromatic carbocycles. The van der Waals surface area contributed by atoms with E-state index in [-0.39, 0.29) is 0 Å². The van der Waals surface area contributed by atoms with E-state index < -0.39 is 0 Å². The number of nitrogens with one attached hydrogen (secondary N) is 1. The third-order valence-corrected chi connectivity index (χ3v) is 4.91. The van der Waals surface area contributed by atoms with E-state index in [9.17, 15) is 0 Å². The first-order chi connectivity index (χ1) is 9.74. The zero-order valence-corrected chi connectivity index (χ0v) is 14.3. The van der Waals surface area contributed by atoms with Crippen LogP contribution in [0.2, 0.25) is 0 Å². The minimum Gasteiger partial charge on any atom is -0.314 e. The summed E-state index contributed by atoms with van der Waals surface area (Å²) in [6, 6.07) is 0.775. The molecule has 0 amide bonds. The lowest BCUT2D eigenvalue weighted by molar-refractivity contribution is 0.205. The molecular formula is C17H37N3. The molecule has 0 saturated heterocycles. The Kier molecular flexibility index (Phi) is 9.49. The van der Waals surface area contributed by atoms with Crippen molar-refractivity contribution in [3.05, 3.63) is 0 Å². The summed E-state index contributed by atoms with van der Waals surface area (Å²) in [5.74, 6) is 0.878. The Morgan fingerprint density at radius 2 is 1.55 bits per heavy atom. The second-order valence-electron chi connectivity index (χ2n) is 6.13. The Morgan fingerprint density at radius 3 is 2.15 bits per heavy atom. The lowest BCUT2D eigenvalue weighted by Crippen LogP contribution is -2.40. The van der Waals surface area contributed by atoms with Crippen molar-refractivity contribution in [1.82, 2.24) is 15.1 Å². The van der Waals surface area contributed by atoms with Gasteiger partial charge in [0.1, 0.15) is 0 Å². The third-order valence-electron chi connectivity index (χ3n) is 4.91. The molecule has 1 N–H and O–H groups in total. The van der Waals surface area contributed by atoms with Crippen molar-refractivity contribution in [1.29, 1.82) is 0 Å². The summed E-state index contributed by atoms with van der Waals surface area (Å²) >= 11 is 0. The first-order valence-electron chi connectivity index (χ1n) is 8.93. The van der Waals surface area contributed by atoms with Crippen molar-refractivity contribution in [2.45, 2.75) is 59.4 Å². The van der Waals surface area contributed by atoms with Crippen LogP contribution in [0.15, 0.2) is 0 Å². The summed E-state index contributed by atoms with van der Waals surface area (Å²) in [6.07, 6.45) is 5.53. The zero-order chi connectivity index (χ0) is 14.8. The minimum absolute atomic E-state index is 0.775. The second-order valence-corrected chi connectivity index (χ2v) is 6.13. The van der Waals surface area contributed by atoms with Crippen LogP contribution in [0.3, 0.4) is 0 Å². The van der Waals surface area contributed by atoms with Crippen molar-refractivity contribution in [3.63, 3.8) is 0 Å². The molecule has 0 heterocycles. The van der Waals surface area contributed by atoms with Crippen LogP contribution in [-0.2, 0) is 0 Å². The first-order valence-corrected chi connectivity index (χ1v) is 8.93. The maximum Gasteiger partial charge on any atom is 0.0107 e. The summed E-state index contributed by atoms with van der Waals surface area (Å²) in [4.78, 5) is 5.20. The number of rotatable bonds is 11. The van der Waals surface area contributed by atoms with Crippen LogP contribution in [0.1, 0.15) is 53.4 Å². The highest BCUT2D eigenvalue weighted by molar-refractivity contribution is 4.84. The van der Waals surface area contributed by atoms with E-state index in [1.54, 1.807) is 0 Å². The van der Waals surface area contributed by atoms with Gasteiger partial charge in [-0.3, -0.25) is 0 Å². The molecule has 0 aromatic heterocycles. The molecule has 0 spiro atoms. The first kappa shape index (κ1) is 17.9. The summed E-state index contributed by atoms with van der Waals surface area (Å²) in [6.45, 7) is 17.6. The largest absolute Gasteiger partial charge is 0.314 e. The maximum atomic E-state index is 3.68. The molecule has 0 bridgehead atoms. The fourth-order valence-electron chi connectivity index (χ4n) is 3.55. The normalized spacial score (nSPS) is 23.1. The molecule has 1 fully saturated rings. The minimum atomic E-state index is 0.775. The van der Waals surface area contributed by atoms with Crippen molar-refractivity contribution in [2.24, 2.45) is 5.92 Å². The maximum absolute atomic E-state index is 3.68. The van der Waals surface area contributed by atoms with Crippen LogP contribution in [0.4, 0.5) is 0 Å². The Labute approximate surface area is 127 Å². The lowest BCUT2D eigenvalue weighted by Gasteiger charge is -2.29. The van der Waals surface area contributed by atoms with Crippen LogP contribution in [0.25, 0.3) is 0 Å². The van der Waals surface area contributed by atoms with Crippen molar-refractivity contribution < 1.29 is 0 Å². The number of hydrogen-bond donors (Lipinski definition) is 1. The monoisotopic (exact) mass is 283 g/mol. The molecule has 3 heteroatoms. The fourth-order valence-corrected chi connectivity index (χ4v) is 3.55. The Balaban J connectivity index is 2.27. The molecule has 2 atom stereocenters. The predicted molar refractivity (Wildman–Crippen MR) is 89.3 cm³/mol. The predicted octanol–water partition coefficient (Wildman–Crippen LogP) is 2.82. The Hall–Kier alpha value is -0.120. The topological polar surface area (TPSA) is 18.5 Å². The molecule has 2 unspecified atom stereocenters. The number of hydrogen-bond acceptors (Lipinski definition) is 3. The average molecular weight is 284 g/mol. The standard InChI is InChI=1S/C17H37N3/c1-5-18-17-12-9-11-16(17)15-20(8-4)14-10-13-19(6-2)7-3/h16-18H,5-15H2,1-4H3. The van der Waals surface area contributed by atoms with Crippen LogP contribution < -0.4 is 5.32 Å². The van der Waals surface area contributed by atoms with Gasteiger partial charge in [0.2, 0.25) is 0 Å². The highest BCUT2D eigenvalue weighted by atomic mass is 15.1. The van der Waals surface area contributed by atoms with E-state index in [0.717, 1.165) is 18.5 Å². The Bertz CT molecular complexity index is 228. The van der Waals surface area contributed by atoms with Gasteiger partial charge in [0, 0.05) is 12.6 Å². The summed E-state index contributed by atoms with van der Waals surface area (Å²) in [7, 11) is 0. The molecule has 1 rings (SSSR count). The quantitative estimate of drug-likeness (QED) is 0.629. The second kappa shape index (κ2) is 10.6. The molecule has 0 aliphatic heterocycles. The molecule has 1 saturated carbocycles. The molecule has 3 nitrogen and oxygen atoms in total. The van der Waals surface area contributed by atoms with E-state index in [0.29, 0.717) is 0 Å². The average Bonchev–Trinajstić information content (AvgIpc) is 2.90. The van der Waals surface area contributed by atoms with Gasteiger partial charge in [0.15, 0.2) is 0 Å². The van der Waals surface area contributed by atoms with Gasteiger partial charge in [0.05, 0.1) is 0 Å². The van der Waals surface area contributed by atoms with Gasteiger partial charge in [-0.15, -0.1) is 0 Å².